The van der Waals surface area contributed by atoms with Gasteiger partial charge in [-0.1, -0.05) is 0 Å². The zero-order valence-corrected chi connectivity index (χ0v) is 7.80. The van der Waals surface area contributed by atoms with E-state index in [-0.39, 0.29) is 24.5 Å². The number of anilines is 2. The maximum atomic E-state index is 12.5. The number of rotatable bonds is 3. The SMILES string of the molecule is Nc1ccc(NCCO)c(C(F)(F)F)c1. The first kappa shape index (κ1) is 11.6. The number of nitrogens with two attached hydrogens (primary N) is 1. The molecular formula is C9H11F3N2O. The van der Waals surface area contributed by atoms with E-state index >= 15 is 0 Å². The summed E-state index contributed by atoms with van der Waals surface area (Å²) in [5.41, 5.74) is 4.43. The van der Waals surface area contributed by atoms with Crippen molar-refractivity contribution in [2.45, 2.75) is 6.18 Å². The molecule has 0 aromatic heterocycles. The third-order valence-corrected chi connectivity index (χ3v) is 1.78. The lowest BCUT2D eigenvalue weighted by Crippen LogP contribution is -2.13. The summed E-state index contributed by atoms with van der Waals surface area (Å²) in [4.78, 5) is 0. The van der Waals surface area contributed by atoms with Crippen molar-refractivity contribution in [3.63, 3.8) is 0 Å². The Balaban J connectivity index is 3.04. The van der Waals surface area contributed by atoms with Crippen LogP contribution in [-0.4, -0.2) is 18.3 Å². The number of halogens is 3. The molecule has 0 saturated heterocycles. The molecule has 84 valence electrons. The van der Waals surface area contributed by atoms with Gasteiger partial charge in [-0.3, -0.25) is 0 Å². The second kappa shape index (κ2) is 4.39. The lowest BCUT2D eigenvalue weighted by molar-refractivity contribution is -0.136. The summed E-state index contributed by atoms with van der Waals surface area (Å²) in [6.45, 7) is -0.172. The number of nitrogen functional groups attached to an aromatic ring is 1. The smallest absolute Gasteiger partial charge is 0.399 e. The van der Waals surface area contributed by atoms with Gasteiger partial charge in [-0.25, -0.2) is 0 Å². The number of hydrogen-bond acceptors (Lipinski definition) is 3. The van der Waals surface area contributed by atoms with Crippen molar-refractivity contribution in [3.8, 4) is 0 Å². The Morgan fingerprint density at radius 3 is 2.53 bits per heavy atom. The highest BCUT2D eigenvalue weighted by Crippen LogP contribution is 2.35. The van der Waals surface area contributed by atoms with Crippen LogP contribution in [0.2, 0.25) is 0 Å². The fourth-order valence-corrected chi connectivity index (χ4v) is 1.14. The Morgan fingerprint density at radius 2 is 2.00 bits per heavy atom. The maximum Gasteiger partial charge on any atom is 0.418 e. The average molecular weight is 220 g/mol. The molecule has 6 heteroatoms. The van der Waals surface area contributed by atoms with E-state index in [1.54, 1.807) is 0 Å². The zero-order valence-electron chi connectivity index (χ0n) is 7.80. The number of aliphatic hydroxyl groups excluding tert-OH is 1. The van der Waals surface area contributed by atoms with Gasteiger partial charge in [-0.05, 0) is 18.2 Å². The van der Waals surface area contributed by atoms with Gasteiger partial charge in [0.25, 0.3) is 0 Å². The van der Waals surface area contributed by atoms with E-state index in [1.807, 2.05) is 0 Å². The average Bonchev–Trinajstić information content (AvgIpc) is 2.14. The second-order valence-electron chi connectivity index (χ2n) is 2.95. The monoisotopic (exact) mass is 220 g/mol. The third kappa shape index (κ3) is 3.02. The summed E-state index contributed by atoms with van der Waals surface area (Å²) < 4.78 is 37.5. The number of aliphatic hydroxyl groups is 1. The van der Waals surface area contributed by atoms with Gasteiger partial charge in [0.2, 0.25) is 0 Å². The van der Waals surface area contributed by atoms with Crippen LogP contribution in [0.15, 0.2) is 18.2 Å². The van der Waals surface area contributed by atoms with E-state index in [0.29, 0.717) is 0 Å². The molecule has 1 aromatic rings. The van der Waals surface area contributed by atoms with E-state index < -0.39 is 11.7 Å². The topological polar surface area (TPSA) is 58.3 Å². The fraction of sp³-hybridized carbons (Fsp3) is 0.333. The van der Waals surface area contributed by atoms with Crippen LogP contribution in [0, 0.1) is 0 Å². The second-order valence-corrected chi connectivity index (χ2v) is 2.95. The van der Waals surface area contributed by atoms with E-state index in [9.17, 15) is 13.2 Å². The van der Waals surface area contributed by atoms with Crippen LogP contribution in [0.5, 0.6) is 0 Å². The normalized spacial score (nSPS) is 11.5. The van der Waals surface area contributed by atoms with Crippen molar-refractivity contribution in [1.82, 2.24) is 0 Å². The Hall–Kier alpha value is -1.43. The molecule has 15 heavy (non-hydrogen) atoms. The predicted octanol–water partition coefficient (Wildman–Crippen LogP) is 1.69. The highest BCUT2D eigenvalue weighted by Gasteiger charge is 2.33. The van der Waals surface area contributed by atoms with Gasteiger partial charge in [-0.2, -0.15) is 13.2 Å². The van der Waals surface area contributed by atoms with Crippen LogP contribution in [0.25, 0.3) is 0 Å². The van der Waals surface area contributed by atoms with Gasteiger partial charge in [-0.15, -0.1) is 0 Å². The van der Waals surface area contributed by atoms with Gasteiger partial charge >= 0.3 is 6.18 Å². The van der Waals surface area contributed by atoms with E-state index in [2.05, 4.69) is 5.32 Å². The van der Waals surface area contributed by atoms with Crippen molar-refractivity contribution < 1.29 is 18.3 Å². The predicted molar refractivity (Wildman–Crippen MR) is 51.4 cm³/mol. The summed E-state index contributed by atoms with van der Waals surface area (Å²) in [7, 11) is 0. The van der Waals surface area contributed by atoms with Crippen LogP contribution < -0.4 is 11.1 Å². The van der Waals surface area contributed by atoms with Gasteiger partial charge in [0, 0.05) is 17.9 Å². The first-order chi connectivity index (χ1) is 6.95. The summed E-state index contributed by atoms with van der Waals surface area (Å²) in [5, 5.41) is 11.0. The Kier molecular flexibility index (Phi) is 3.41. The van der Waals surface area contributed by atoms with E-state index in [1.165, 1.54) is 12.1 Å². The van der Waals surface area contributed by atoms with Crippen LogP contribution in [-0.2, 0) is 6.18 Å². The van der Waals surface area contributed by atoms with Crippen molar-refractivity contribution in [1.29, 1.82) is 0 Å². The molecule has 0 aliphatic rings. The molecule has 0 saturated carbocycles. The number of nitrogens with one attached hydrogen (secondary N) is 1. The molecule has 0 unspecified atom stereocenters. The molecule has 0 aliphatic heterocycles. The first-order valence-electron chi connectivity index (χ1n) is 4.26. The molecule has 4 N–H and O–H groups in total. The van der Waals surface area contributed by atoms with Crippen LogP contribution in [0.1, 0.15) is 5.56 Å². The first-order valence-corrected chi connectivity index (χ1v) is 4.26. The van der Waals surface area contributed by atoms with Crippen molar-refractivity contribution >= 4 is 11.4 Å². The Morgan fingerprint density at radius 1 is 1.33 bits per heavy atom. The highest BCUT2D eigenvalue weighted by atomic mass is 19.4. The van der Waals surface area contributed by atoms with Crippen molar-refractivity contribution in [3.05, 3.63) is 23.8 Å². The van der Waals surface area contributed by atoms with Crippen LogP contribution in [0.4, 0.5) is 24.5 Å². The van der Waals surface area contributed by atoms with E-state index in [0.717, 1.165) is 6.07 Å². The largest absolute Gasteiger partial charge is 0.418 e. The molecule has 3 nitrogen and oxygen atoms in total. The summed E-state index contributed by atoms with van der Waals surface area (Å²) in [6, 6.07) is 3.47. The lowest BCUT2D eigenvalue weighted by atomic mass is 10.1. The molecule has 0 radical (unpaired) electrons. The van der Waals surface area contributed by atoms with Gasteiger partial charge in [0.05, 0.1) is 12.2 Å². The van der Waals surface area contributed by atoms with Crippen LogP contribution in [0.3, 0.4) is 0 Å². The standard InChI is InChI=1S/C9H11F3N2O/c10-9(11,12)7-5-6(13)1-2-8(7)14-3-4-15/h1-2,5,14-15H,3-4,13H2. The molecule has 0 spiro atoms. The number of hydrogen-bond donors (Lipinski definition) is 3. The maximum absolute atomic E-state index is 12.5. The van der Waals surface area contributed by atoms with Crippen molar-refractivity contribution in [2.24, 2.45) is 0 Å². The van der Waals surface area contributed by atoms with Gasteiger partial charge in [0.15, 0.2) is 0 Å². The quantitative estimate of drug-likeness (QED) is 0.679. The summed E-state index contributed by atoms with van der Waals surface area (Å²) >= 11 is 0. The minimum absolute atomic E-state index is 0.0527. The fourth-order valence-electron chi connectivity index (χ4n) is 1.14. The molecule has 0 aliphatic carbocycles. The molecule has 0 amide bonds. The third-order valence-electron chi connectivity index (χ3n) is 1.78. The number of alkyl halides is 3. The molecular weight excluding hydrogens is 209 g/mol. The van der Waals surface area contributed by atoms with Crippen molar-refractivity contribution in [2.75, 3.05) is 24.2 Å². The van der Waals surface area contributed by atoms with Gasteiger partial charge in [0.1, 0.15) is 0 Å². The summed E-state index contributed by atoms with van der Waals surface area (Å²) in [6.07, 6.45) is -4.45. The Bertz CT molecular complexity index is 339. The Labute approximate surface area is 84.7 Å². The zero-order chi connectivity index (χ0) is 11.5. The summed E-state index contributed by atoms with van der Waals surface area (Å²) in [5.74, 6) is 0. The van der Waals surface area contributed by atoms with E-state index in [4.69, 9.17) is 10.8 Å². The molecule has 0 fully saturated rings. The molecule has 0 atom stereocenters. The minimum atomic E-state index is -4.45. The minimum Gasteiger partial charge on any atom is -0.399 e. The number of benzene rings is 1. The molecule has 0 heterocycles. The van der Waals surface area contributed by atoms with Gasteiger partial charge < -0.3 is 16.2 Å². The van der Waals surface area contributed by atoms with Crippen LogP contribution >= 0.6 is 0 Å². The lowest BCUT2D eigenvalue weighted by Gasteiger charge is -2.14. The molecule has 1 aromatic carbocycles. The molecule has 1 rings (SSSR count). The molecule has 0 bridgehead atoms. The highest BCUT2D eigenvalue weighted by molar-refractivity contribution is 5.59.